The highest BCUT2D eigenvalue weighted by Gasteiger charge is 2.20. The van der Waals surface area contributed by atoms with Gasteiger partial charge in [0.05, 0.1) is 11.3 Å². The van der Waals surface area contributed by atoms with E-state index in [4.69, 9.17) is 0 Å². The van der Waals surface area contributed by atoms with Crippen molar-refractivity contribution in [1.29, 1.82) is 0 Å². The van der Waals surface area contributed by atoms with Gasteiger partial charge in [0.15, 0.2) is 0 Å². The Morgan fingerprint density at radius 2 is 1.78 bits per heavy atom. The number of aryl methyl sites for hydroxylation is 2. The van der Waals surface area contributed by atoms with Crippen LogP contribution in [0.25, 0.3) is 22.5 Å². The normalized spacial score (nSPS) is 13.6. The van der Waals surface area contributed by atoms with Crippen molar-refractivity contribution in [2.45, 2.75) is 40.0 Å². The first-order valence-corrected chi connectivity index (χ1v) is 9.52. The van der Waals surface area contributed by atoms with Crippen LogP contribution in [-0.2, 0) is 6.42 Å². The number of benzene rings is 1. The SMILES string of the molecule is Cc1cc(-c2cc(-c3cc4c([nH]3)CCNC4=O)ccn2)cc(C)c1C(C)C. The Morgan fingerprint density at radius 1 is 1.04 bits per heavy atom. The number of hydrogen-bond donors (Lipinski definition) is 2. The Morgan fingerprint density at radius 3 is 2.44 bits per heavy atom. The van der Waals surface area contributed by atoms with Crippen molar-refractivity contribution in [3.8, 4) is 22.5 Å². The first kappa shape index (κ1) is 17.5. The van der Waals surface area contributed by atoms with Gasteiger partial charge in [-0.3, -0.25) is 9.78 Å². The van der Waals surface area contributed by atoms with E-state index in [-0.39, 0.29) is 5.91 Å². The van der Waals surface area contributed by atoms with E-state index in [2.05, 4.69) is 61.2 Å². The molecule has 4 nitrogen and oxygen atoms in total. The average molecular weight is 359 g/mol. The first-order chi connectivity index (χ1) is 12.9. The highest BCUT2D eigenvalue weighted by molar-refractivity contribution is 5.97. The fourth-order valence-electron chi connectivity index (χ4n) is 4.24. The molecule has 1 amide bonds. The molecule has 1 aromatic carbocycles. The lowest BCUT2D eigenvalue weighted by Crippen LogP contribution is -2.31. The molecular weight excluding hydrogens is 334 g/mol. The number of aromatic nitrogens is 2. The minimum atomic E-state index is 0.00329. The predicted molar refractivity (Wildman–Crippen MR) is 109 cm³/mol. The summed E-state index contributed by atoms with van der Waals surface area (Å²) in [5, 5.41) is 2.90. The van der Waals surface area contributed by atoms with E-state index < -0.39 is 0 Å². The summed E-state index contributed by atoms with van der Waals surface area (Å²) in [6.45, 7) is 9.50. The third kappa shape index (κ3) is 3.16. The number of nitrogens with zero attached hydrogens (tertiary/aromatic N) is 1. The Labute approximate surface area is 160 Å². The maximum absolute atomic E-state index is 12.0. The van der Waals surface area contributed by atoms with Crippen molar-refractivity contribution in [1.82, 2.24) is 15.3 Å². The molecule has 2 N–H and O–H groups in total. The minimum absolute atomic E-state index is 0.00329. The molecule has 0 saturated carbocycles. The van der Waals surface area contributed by atoms with Crippen molar-refractivity contribution in [2.75, 3.05) is 6.54 Å². The van der Waals surface area contributed by atoms with Crippen LogP contribution in [0.15, 0.2) is 36.5 Å². The van der Waals surface area contributed by atoms with Gasteiger partial charge in [-0.25, -0.2) is 0 Å². The van der Waals surface area contributed by atoms with Crippen LogP contribution in [0.2, 0.25) is 0 Å². The van der Waals surface area contributed by atoms with Crippen molar-refractivity contribution < 1.29 is 4.79 Å². The topological polar surface area (TPSA) is 57.8 Å². The van der Waals surface area contributed by atoms with Gasteiger partial charge < -0.3 is 10.3 Å². The number of fused-ring (bicyclic) bond motifs is 1. The molecule has 0 atom stereocenters. The average Bonchev–Trinajstić information content (AvgIpc) is 3.07. The number of pyridine rings is 1. The zero-order valence-corrected chi connectivity index (χ0v) is 16.3. The molecule has 4 rings (SSSR count). The molecule has 27 heavy (non-hydrogen) atoms. The van der Waals surface area contributed by atoms with Gasteiger partial charge in [0.1, 0.15) is 0 Å². The second-order valence-corrected chi connectivity index (χ2v) is 7.69. The number of rotatable bonds is 3. The first-order valence-electron chi connectivity index (χ1n) is 9.52. The molecule has 4 heteroatoms. The molecule has 3 aromatic rings. The van der Waals surface area contributed by atoms with Gasteiger partial charge in [0.25, 0.3) is 5.91 Å². The summed E-state index contributed by atoms with van der Waals surface area (Å²) in [5.41, 5.74) is 9.88. The predicted octanol–water partition coefficient (Wildman–Crippen LogP) is 4.77. The van der Waals surface area contributed by atoms with E-state index in [0.717, 1.165) is 40.2 Å². The summed E-state index contributed by atoms with van der Waals surface area (Å²) < 4.78 is 0. The molecular formula is C23H25N3O. The second kappa shape index (κ2) is 6.69. The Balaban J connectivity index is 1.75. The van der Waals surface area contributed by atoms with Crippen LogP contribution in [0.3, 0.4) is 0 Å². The Bertz CT molecular complexity index is 1010. The Hall–Kier alpha value is -2.88. The van der Waals surface area contributed by atoms with Gasteiger partial charge in [-0.1, -0.05) is 13.8 Å². The van der Waals surface area contributed by atoms with Crippen LogP contribution < -0.4 is 5.32 Å². The standard InChI is InChI=1S/C23H25N3O/c1-13(2)22-14(3)9-17(10-15(22)4)20-11-16(5-7-24-20)21-12-18-19(26-21)6-8-25-23(18)27/h5,7,9-13,26H,6,8H2,1-4H3,(H,25,27). The van der Waals surface area contributed by atoms with E-state index in [9.17, 15) is 4.79 Å². The largest absolute Gasteiger partial charge is 0.358 e. The zero-order valence-electron chi connectivity index (χ0n) is 16.3. The molecule has 0 unspecified atom stereocenters. The smallest absolute Gasteiger partial charge is 0.253 e. The fraction of sp³-hybridized carbons (Fsp3) is 0.304. The Kier molecular flexibility index (Phi) is 4.34. The van der Waals surface area contributed by atoms with Crippen molar-refractivity contribution in [3.05, 3.63) is 64.5 Å². The van der Waals surface area contributed by atoms with E-state index in [1.54, 1.807) is 0 Å². The maximum Gasteiger partial charge on any atom is 0.253 e. The molecule has 1 aliphatic heterocycles. The van der Waals surface area contributed by atoms with Crippen molar-refractivity contribution >= 4 is 5.91 Å². The summed E-state index contributed by atoms with van der Waals surface area (Å²) in [7, 11) is 0. The fourth-order valence-corrected chi connectivity index (χ4v) is 4.24. The minimum Gasteiger partial charge on any atom is -0.358 e. The van der Waals surface area contributed by atoms with E-state index in [1.165, 1.54) is 16.7 Å². The third-order valence-electron chi connectivity index (χ3n) is 5.34. The molecule has 3 heterocycles. The molecule has 0 spiro atoms. The van der Waals surface area contributed by atoms with Gasteiger partial charge in [-0.2, -0.15) is 0 Å². The van der Waals surface area contributed by atoms with Crippen molar-refractivity contribution in [3.63, 3.8) is 0 Å². The number of carbonyl (C=O) groups is 1. The van der Waals surface area contributed by atoms with Gasteiger partial charge in [0.2, 0.25) is 0 Å². The number of nitrogens with one attached hydrogen (secondary N) is 2. The van der Waals surface area contributed by atoms with Crippen molar-refractivity contribution in [2.24, 2.45) is 0 Å². The quantitative estimate of drug-likeness (QED) is 0.708. The molecule has 0 aliphatic carbocycles. The zero-order chi connectivity index (χ0) is 19.1. The van der Waals surface area contributed by atoms with Gasteiger partial charge in [0, 0.05) is 41.7 Å². The summed E-state index contributed by atoms with van der Waals surface area (Å²) >= 11 is 0. The molecule has 0 bridgehead atoms. The number of hydrogen-bond acceptors (Lipinski definition) is 2. The number of carbonyl (C=O) groups excluding carboxylic acids is 1. The van der Waals surface area contributed by atoms with E-state index >= 15 is 0 Å². The van der Waals surface area contributed by atoms with Gasteiger partial charge in [-0.05, 0) is 66.8 Å². The molecule has 0 saturated heterocycles. The van der Waals surface area contributed by atoms with Crippen LogP contribution in [0, 0.1) is 13.8 Å². The molecule has 0 radical (unpaired) electrons. The highest BCUT2D eigenvalue weighted by Crippen LogP contribution is 2.31. The summed E-state index contributed by atoms with van der Waals surface area (Å²) in [6, 6.07) is 10.5. The van der Waals surface area contributed by atoms with Crippen LogP contribution in [-0.4, -0.2) is 22.4 Å². The van der Waals surface area contributed by atoms with E-state index in [0.29, 0.717) is 12.5 Å². The molecule has 2 aromatic heterocycles. The number of aromatic amines is 1. The number of amides is 1. The maximum atomic E-state index is 12.0. The third-order valence-corrected chi connectivity index (χ3v) is 5.34. The second-order valence-electron chi connectivity index (χ2n) is 7.69. The molecule has 0 fully saturated rings. The van der Waals surface area contributed by atoms with Gasteiger partial charge >= 0.3 is 0 Å². The molecule has 138 valence electrons. The van der Waals surface area contributed by atoms with E-state index in [1.807, 2.05) is 18.3 Å². The highest BCUT2D eigenvalue weighted by atomic mass is 16.1. The van der Waals surface area contributed by atoms with Crippen LogP contribution >= 0.6 is 0 Å². The molecule has 1 aliphatic rings. The number of H-pyrrole nitrogens is 1. The summed E-state index contributed by atoms with van der Waals surface area (Å²) in [5.74, 6) is 0.512. The van der Waals surface area contributed by atoms with Crippen LogP contribution in [0.5, 0.6) is 0 Å². The lowest BCUT2D eigenvalue weighted by atomic mass is 9.90. The van der Waals surface area contributed by atoms with Crippen LogP contribution in [0.1, 0.15) is 52.5 Å². The lowest BCUT2D eigenvalue weighted by molar-refractivity contribution is 0.0946. The summed E-state index contributed by atoms with van der Waals surface area (Å²) in [4.78, 5) is 20.0. The van der Waals surface area contributed by atoms with Crippen LogP contribution in [0.4, 0.5) is 0 Å². The summed E-state index contributed by atoms with van der Waals surface area (Å²) in [6.07, 6.45) is 2.68. The lowest BCUT2D eigenvalue weighted by Gasteiger charge is -2.15. The monoisotopic (exact) mass is 359 g/mol. The van der Waals surface area contributed by atoms with Gasteiger partial charge in [-0.15, -0.1) is 0 Å².